The number of carbonyl (C=O) groups excluding carboxylic acids is 1. The fraction of sp³-hybridized carbons (Fsp3) is 0.500. The number of hydrogen-bond acceptors (Lipinski definition) is 3. The van der Waals surface area contributed by atoms with E-state index in [0.29, 0.717) is 5.56 Å². The summed E-state index contributed by atoms with van der Waals surface area (Å²) in [5.41, 5.74) is 2.81. The highest BCUT2D eigenvalue weighted by molar-refractivity contribution is 5.90. The van der Waals surface area contributed by atoms with Crippen LogP contribution < -0.4 is 5.32 Å². The van der Waals surface area contributed by atoms with Gasteiger partial charge in [-0.05, 0) is 43.4 Å². The van der Waals surface area contributed by atoms with Crippen molar-refractivity contribution in [2.24, 2.45) is 5.92 Å². The van der Waals surface area contributed by atoms with Crippen molar-refractivity contribution >= 4 is 11.7 Å². The van der Waals surface area contributed by atoms with Crippen LogP contribution >= 0.6 is 0 Å². The molecule has 0 amide bonds. The highest BCUT2D eigenvalue weighted by Crippen LogP contribution is 2.27. The zero-order valence-electron chi connectivity index (χ0n) is 10.5. The summed E-state index contributed by atoms with van der Waals surface area (Å²) >= 11 is 0. The van der Waals surface area contributed by atoms with Crippen LogP contribution in [0.2, 0.25) is 0 Å². The third-order valence-electron chi connectivity index (χ3n) is 3.46. The summed E-state index contributed by atoms with van der Waals surface area (Å²) in [5.74, 6) is 0.521. The number of ether oxygens (including phenoxy) is 1. The lowest BCUT2D eigenvalue weighted by Gasteiger charge is -2.26. The van der Waals surface area contributed by atoms with Gasteiger partial charge >= 0.3 is 5.97 Å². The molecule has 0 aromatic heterocycles. The van der Waals surface area contributed by atoms with Gasteiger partial charge in [0.2, 0.25) is 0 Å². The zero-order valence-corrected chi connectivity index (χ0v) is 10.5. The summed E-state index contributed by atoms with van der Waals surface area (Å²) in [4.78, 5) is 11.4. The van der Waals surface area contributed by atoms with E-state index in [1.165, 1.54) is 26.4 Å². The Morgan fingerprint density at radius 2 is 2.24 bits per heavy atom. The molecule has 1 aromatic rings. The molecule has 0 bridgehead atoms. The van der Waals surface area contributed by atoms with E-state index < -0.39 is 0 Å². The number of hydrogen-bond donors (Lipinski definition) is 1. The second-order valence-electron chi connectivity index (χ2n) is 4.70. The highest BCUT2D eigenvalue weighted by Gasteiger charge is 2.17. The van der Waals surface area contributed by atoms with Gasteiger partial charge in [0.1, 0.15) is 0 Å². The molecule has 0 saturated heterocycles. The molecule has 17 heavy (non-hydrogen) atoms. The summed E-state index contributed by atoms with van der Waals surface area (Å²) in [7, 11) is 1.41. The molecule has 0 spiro atoms. The van der Waals surface area contributed by atoms with Crippen LogP contribution in [-0.2, 0) is 4.74 Å². The predicted octanol–water partition coefficient (Wildman–Crippen LogP) is 2.99. The van der Waals surface area contributed by atoms with Crippen LogP contribution in [0.4, 0.5) is 5.69 Å². The number of aryl methyl sites for hydroxylation is 1. The second kappa shape index (κ2) is 5.21. The first-order valence-corrected chi connectivity index (χ1v) is 6.13. The minimum Gasteiger partial charge on any atom is -0.465 e. The number of benzene rings is 1. The standard InChI is InChI=1S/C14H19NO2/c1-10-6-7-12(14(16)17-2)8-13(10)15-9-11-4-3-5-11/h6-8,11,15H,3-5,9H2,1-2H3. The lowest BCUT2D eigenvalue weighted by atomic mass is 9.85. The van der Waals surface area contributed by atoms with Gasteiger partial charge in [0.25, 0.3) is 0 Å². The molecule has 0 unspecified atom stereocenters. The van der Waals surface area contributed by atoms with Gasteiger partial charge in [-0.1, -0.05) is 12.5 Å². The monoisotopic (exact) mass is 233 g/mol. The van der Waals surface area contributed by atoms with E-state index >= 15 is 0 Å². The average Bonchev–Trinajstić information content (AvgIpc) is 2.28. The van der Waals surface area contributed by atoms with E-state index in [9.17, 15) is 4.79 Å². The molecule has 1 aromatic carbocycles. The number of rotatable bonds is 4. The molecular formula is C14H19NO2. The lowest BCUT2D eigenvalue weighted by molar-refractivity contribution is 0.0601. The Balaban J connectivity index is 2.05. The fourth-order valence-corrected chi connectivity index (χ4v) is 2.01. The van der Waals surface area contributed by atoms with Crippen LogP contribution in [0.5, 0.6) is 0 Å². The molecule has 1 fully saturated rings. The van der Waals surface area contributed by atoms with Crippen molar-refractivity contribution in [3.8, 4) is 0 Å². The Bertz CT molecular complexity index is 411. The van der Waals surface area contributed by atoms with Crippen molar-refractivity contribution in [2.45, 2.75) is 26.2 Å². The van der Waals surface area contributed by atoms with Crippen LogP contribution in [0, 0.1) is 12.8 Å². The van der Waals surface area contributed by atoms with Crippen molar-refractivity contribution in [2.75, 3.05) is 19.0 Å². The Labute approximate surface area is 102 Å². The summed E-state index contributed by atoms with van der Waals surface area (Å²) in [5, 5.41) is 3.43. The van der Waals surface area contributed by atoms with E-state index in [-0.39, 0.29) is 5.97 Å². The van der Waals surface area contributed by atoms with E-state index in [1.807, 2.05) is 19.1 Å². The predicted molar refractivity (Wildman–Crippen MR) is 68.3 cm³/mol. The molecule has 0 atom stereocenters. The number of esters is 1. The van der Waals surface area contributed by atoms with Gasteiger partial charge < -0.3 is 10.1 Å². The molecule has 2 rings (SSSR count). The van der Waals surface area contributed by atoms with Crippen LogP contribution in [0.25, 0.3) is 0 Å². The third kappa shape index (κ3) is 2.78. The molecule has 1 aliphatic carbocycles. The first-order valence-electron chi connectivity index (χ1n) is 6.13. The van der Waals surface area contributed by atoms with Crippen LogP contribution in [0.15, 0.2) is 18.2 Å². The minimum absolute atomic E-state index is 0.281. The van der Waals surface area contributed by atoms with Crippen LogP contribution in [0.3, 0.4) is 0 Å². The molecule has 1 saturated carbocycles. The quantitative estimate of drug-likeness (QED) is 0.812. The minimum atomic E-state index is -0.281. The summed E-state index contributed by atoms with van der Waals surface area (Å²) in [6.45, 7) is 3.05. The van der Waals surface area contributed by atoms with Gasteiger partial charge in [-0.25, -0.2) is 4.79 Å². The molecule has 0 aliphatic heterocycles. The van der Waals surface area contributed by atoms with Crippen molar-refractivity contribution in [3.05, 3.63) is 29.3 Å². The van der Waals surface area contributed by atoms with Gasteiger partial charge in [0.05, 0.1) is 12.7 Å². The SMILES string of the molecule is COC(=O)c1ccc(C)c(NCC2CCC2)c1. The number of anilines is 1. The maximum absolute atomic E-state index is 11.4. The van der Waals surface area contributed by atoms with E-state index in [1.54, 1.807) is 6.07 Å². The lowest BCUT2D eigenvalue weighted by Crippen LogP contribution is -2.21. The molecule has 0 heterocycles. The highest BCUT2D eigenvalue weighted by atomic mass is 16.5. The first-order chi connectivity index (χ1) is 8.20. The van der Waals surface area contributed by atoms with Crippen molar-refractivity contribution in [3.63, 3.8) is 0 Å². The fourth-order valence-electron chi connectivity index (χ4n) is 2.01. The van der Waals surface area contributed by atoms with Gasteiger partial charge in [0, 0.05) is 12.2 Å². The summed E-state index contributed by atoms with van der Waals surface area (Å²) in [6, 6.07) is 5.63. The molecule has 0 radical (unpaired) electrons. The Morgan fingerprint density at radius 1 is 1.47 bits per heavy atom. The van der Waals surface area contributed by atoms with Crippen molar-refractivity contribution in [1.82, 2.24) is 0 Å². The third-order valence-corrected chi connectivity index (χ3v) is 3.46. The van der Waals surface area contributed by atoms with Gasteiger partial charge in [-0.15, -0.1) is 0 Å². The normalized spacial score (nSPS) is 15.2. The summed E-state index contributed by atoms with van der Waals surface area (Å²) in [6.07, 6.45) is 4.00. The van der Waals surface area contributed by atoms with E-state index in [0.717, 1.165) is 23.7 Å². The Morgan fingerprint density at radius 3 is 2.82 bits per heavy atom. The smallest absolute Gasteiger partial charge is 0.337 e. The van der Waals surface area contributed by atoms with E-state index in [2.05, 4.69) is 5.32 Å². The molecule has 1 N–H and O–H groups in total. The number of nitrogens with one attached hydrogen (secondary N) is 1. The molecule has 1 aliphatic rings. The second-order valence-corrected chi connectivity index (χ2v) is 4.70. The molecule has 3 nitrogen and oxygen atoms in total. The largest absolute Gasteiger partial charge is 0.465 e. The van der Waals surface area contributed by atoms with E-state index in [4.69, 9.17) is 4.74 Å². The van der Waals surface area contributed by atoms with Gasteiger partial charge in [-0.3, -0.25) is 0 Å². The number of carbonyl (C=O) groups is 1. The average molecular weight is 233 g/mol. The van der Waals surface area contributed by atoms with Crippen LogP contribution in [-0.4, -0.2) is 19.6 Å². The first kappa shape index (κ1) is 12.0. The Hall–Kier alpha value is -1.51. The maximum atomic E-state index is 11.4. The molecular weight excluding hydrogens is 214 g/mol. The van der Waals surface area contributed by atoms with Gasteiger partial charge in [0.15, 0.2) is 0 Å². The topological polar surface area (TPSA) is 38.3 Å². The molecule has 3 heteroatoms. The molecule has 92 valence electrons. The van der Waals surface area contributed by atoms with Crippen molar-refractivity contribution in [1.29, 1.82) is 0 Å². The summed E-state index contributed by atoms with van der Waals surface area (Å²) < 4.78 is 4.72. The number of methoxy groups -OCH3 is 1. The zero-order chi connectivity index (χ0) is 12.3. The van der Waals surface area contributed by atoms with Gasteiger partial charge in [-0.2, -0.15) is 0 Å². The van der Waals surface area contributed by atoms with Crippen LogP contribution in [0.1, 0.15) is 35.2 Å². The Kier molecular flexibility index (Phi) is 3.67. The maximum Gasteiger partial charge on any atom is 0.337 e. The van der Waals surface area contributed by atoms with Crippen molar-refractivity contribution < 1.29 is 9.53 Å².